The largest absolute Gasteiger partial charge is 0.341 e. The summed E-state index contributed by atoms with van der Waals surface area (Å²) in [6, 6.07) is 15.5. The molecule has 0 bridgehead atoms. The van der Waals surface area contributed by atoms with Gasteiger partial charge < -0.3 is 4.90 Å². The Balaban J connectivity index is 1.81. The Bertz CT molecular complexity index is 1080. The maximum atomic E-state index is 13.0. The van der Waals surface area contributed by atoms with Crippen LogP contribution in [0.4, 0.5) is 0 Å². The summed E-state index contributed by atoms with van der Waals surface area (Å²) < 4.78 is 1.72. The number of amides is 1. The van der Waals surface area contributed by atoms with Crippen molar-refractivity contribution in [1.29, 1.82) is 0 Å². The number of carbonyl (C=O) groups is 1. The lowest BCUT2D eigenvalue weighted by Crippen LogP contribution is -2.29. The number of aromatic nitrogens is 2. The van der Waals surface area contributed by atoms with Crippen molar-refractivity contribution in [3.8, 4) is 0 Å². The van der Waals surface area contributed by atoms with Gasteiger partial charge in [0.1, 0.15) is 0 Å². The maximum absolute atomic E-state index is 13.0. The van der Waals surface area contributed by atoms with Gasteiger partial charge >= 0.3 is 0 Å². The van der Waals surface area contributed by atoms with E-state index in [0.29, 0.717) is 22.6 Å². The average Bonchev–Trinajstić information content (AvgIpc) is 2.73. The standard InChI is InChI=1S/C23H27N3O2S/c1-5-17(3)26-22(28)19-12-8-9-13-20(19)24-23(26)29-15-21(27)25(4)14-18-11-7-6-10-16(18)2/h6-13,17H,5,14-15H2,1-4H3/t17-/m1/s1. The minimum Gasteiger partial charge on any atom is -0.341 e. The van der Waals surface area contributed by atoms with Gasteiger partial charge in [-0.15, -0.1) is 0 Å². The number of aryl methyl sites for hydroxylation is 1. The fourth-order valence-electron chi connectivity index (χ4n) is 3.17. The van der Waals surface area contributed by atoms with E-state index in [2.05, 4.69) is 4.98 Å². The second-order valence-corrected chi connectivity index (χ2v) is 8.25. The number of benzene rings is 2. The Morgan fingerprint density at radius 1 is 1.17 bits per heavy atom. The van der Waals surface area contributed by atoms with Gasteiger partial charge in [0.25, 0.3) is 5.56 Å². The van der Waals surface area contributed by atoms with Crippen LogP contribution in [-0.2, 0) is 11.3 Å². The number of rotatable bonds is 7. The van der Waals surface area contributed by atoms with Crippen LogP contribution in [0, 0.1) is 6.92 Å². The molecule has 0 unspecified atom stereocenters. The van der Waals surface area contributed by atoms with E-state index in [9.17, 15) is 9.59 Å². The molecule has 3 rings (SSSR count). The first-order valence-corrected chi connectivity index (χ1v) is 10.8. The van der Waals surface area contributed by atoms with Crippen molar-refractivity contribution in [2.75, 3.05) is 12.8 Å². The van der Waals surface area contributed by atoms with Gasteiger partial charge in [-0.1, -0.05) is 55.1 Å². The molecule has 1 heterocycles. The number of hydrogen-bond donors (Lipinski definition) is 0. The van der Waals surface area contributed by atoms with Crippen molar-refractivity contribution in [3.05, 3.63) is 70.0 Å². The lowest BCUT2D eigenvalue weighted by atomic mass is 10.1. The third kappa shape index (κ3) is 4.70. The van der Waals surface area contributed by atoms with Gasteiger partial charge in [-0.3, -0.25) is 14.2 Å². The molecule has 152 valence electrons. The zero-order chi connectivity index (χ0) is 21.0. The fourth-order valence-corrected chi connectivity index (χ4v) is 4.20. The van der Waals surface area contributed by atoms with Crippen LogP contribution in [0.3, 0.4) is 0 Å². The molecule has 6 heteroatoms. The predicted molar refractivity (Wildman–Crippen MR) is 119 cm³/mol. The number of nitrogens with zero attached hydrogens (tertiary/aromatic N) is 3. The minimum atomic E-state index is -0.0480. The van der Waals surface area contributed by atoms with Gasteiger partial charge in [0, 0.05) is 19.6 Å². The Hall–Kier alpha value is -2.60. The summed E-state index contributed by atoms with van der Waals surface area (Å²) in [4.78, 5) is 32.2. The molecule has 1 amide bonds. The van der Waals surface area contributed by atoms with Crippen LogP contribution in [0.2, 0.25) is 0 Å². The van der Waals surface area contributed by atoms with Crippen LogP contribution in [0.5, 0.6) is 0 Å². The lowest BCUT2D eigenvalue weighted by Gasteiger charge is -2.20. The van der Waals surface area contributed by atoms with E-state index in [1.54, 1.807) is 15.5 Å². The van der Waals surface area contributed by atoms with Gasteiger partial charge in [-0.2, -0.15) is 0 Å². The van der Waals surface area contributed by atoms with E-state index in [4.69, 9.17) is 0 Å². The highest BCUT2D eigenvalue weighted by Crippen LogP contribution is 2.23. The molecule has 1 atom stereocenters. The molecule has 0 aliphatic heterocycles. The number of fused-ring (bicyclic) bond motifs is 1. The van der Waals surface area contributed by atoms with Gasteiger partial charge in [0.2, 0.25) is 5.91 Å². The van der Waals surface area contributed by atoms with E-state index < -0.39 is 0 Å². The third-order valence-corrected chi connectivity index (χ3v) is 6.16. The number of thioether (sulfide) groups is 1. The zero-order valence-corrected chi connectivity index (χ0v) is 18.2. The van der Waals surface area contributed by atoms with Crippen molar-refractivity contribution >= 4 is 28.6 Å². The minimum absolute atomic E-state index is 0.0105. The molecule has 29 heavy (non-hydrogen) atoms. The first kappa shape index (κ1) is 21.1. The first-order chi connectivity index (χ1) is 13.9. The van der Waals surface area contributed by atoms with E-state index >= 15 is 0 Å². The fraction of sp³-hybridized carbons (Fsp3) is 0.348. The van der Waals surface area contributed by atoms with E-state index in [1.165, 1.54) is 17.3 Å². The molecule has 0 saturated heterocycles. The van der Waals surface area contributed by atoms with E-state index in [1.807, 2.05) is 70.3 Å². The van der Waals surface area contributed by atoms with Crippen molar-refractivity contribution in [2.45, 2.75) is 44.9 Å². The smallest absolute Gasteiger partial charge is 0.262 e. The summed E-state index contributed by atoms with van der Waals surface area (Å²) in [5.41, 5.74) is 2.92. The van der Waals surface area contributed by atoms with Gasteiger partial charge in [-0.25, -0.2) is 4.98 Å². The summed E-state index contributed by atoms with van der Waals surface area (Å²) in [6.07, 6.45) is 0.814. The van der Waals surface area contributed by atoms with Crippen LogP contribution < -0.4 is 5.56 Å². The average molecular weight is 410 g/mol. The lowest BCUT2D eigenvalue weighted by molar-refractivity contribution is -0.127. The number of carbonyl (C=O) groups excluding carboxylic acids is 1. The SMILES string of the molecule is CC[C@@H](C)n1c(SCC(=O)N(C)Cc2ccccc2C)nc2ccccc2c1=O. The zero-order valence-electron chi connectivity index (χ0n) is 17.4. The Morgan fingerprint density at radius 3 is 2.59 bits per heavy atom. The highest BCUT2D eigenvalue weighted by molar-refractivity contribution is 7.99. The van der Waals surface area contributed by atoms with Crippen LogP contribution in [0.15, 0.2) is 58.5 Å². The number of para-hydroxylation sites is 1. The van der Waals surface area contributed by atoms with Crippen LogP contribution in [0.1, 0.15) is 37.4 Å². The molecule has 0 N–H and O–H groups in total. The molecule has 0 spiro atoms. The molecule has 0 saturated carbocycles. The molecule has 0 radical (unpaired) electrons. The molecular formula is C23H27N3O2S. The molecule has 5 nitrogen and oxygen atoms in total. The van der Waals surface area contributed by atoms with E-state index in [0.717, 1.165) is 12.0 Å². The summed E-state index contributed by atoms with van der Waals surface area (Å²) in [7, 11) is 1.81. The van der Waals surface area contributed by atoms with Gasteiger partial charge in [0.15, 0.2) is 5.16 Å². The van der Waals surface area contributed by atoms with Crippen LogP contribution >= 0.6 is 11.8 Å². The third-order valence-electron chi connectivity index (χ3n) is 5.23. The molecule has 1 aromatic heterocycles. The summed E-state index contributed by atoms with van der Waals surface area (Å²) in [6.45, 7) is 6.66. The summed E-state index contributed by atoms with van der Waals surface area (Å²) in [5.74, 6) is 0.250. The van der Waals surface area contributed by atoms with Crippen molar-refractivity contribution in [2.24, 2.45) is 0 Å². The predicted octanol–water partition coefficient (Wildman–Crippen LogP) is 4.43. The Labute approximate surface area is 175 Å². The maximum Gasteiger partial charge on any atom is 0.262 e. The monoisotopic (exact) mass is 409 g/mol. The molecule has 0 fully saturated rings. The summed E-state index contributed by atoms with van der Waals surface area (Å²) in [5, 5.41) is 1.21. The van der Waals surface area contributed by atoms with Crippen molar-refractivity contribution in [1.82, 2.24) is 14.5 Å². The topological polar surface area (TPSA) is 55.2 Å². The van der Waals surface area contributed by atoms with Gasteiger partial charge in [-0.05, 0) is 43.5 Å². The quantitative estimate of drug-likeness (QED) is 0.428. The molecule has 3 aromatic rings. The highest BCUT2D eigenvalue weighted by atomic mass is 32.2. The molecule has 2 aromatic carbocycles. The first-order valence-electron chi connectivity index (χ1n) is 9.85. The summed E-state index contributed by atoms with van der Waals surface area (Å²) >= 11 is 1.33. The van der Waals surface area contributed by atoms with Crippen molar-refractivity contribution < 1.29 is 4.79 Å². The molecule has 0 aliphatic rings. The highest BCUT2D eigenvalue weighted by Gasteiger charge is 2.18. The normalized spacial score (nSPS) is 12.1. The second kappa shape index (κ2) is 9.27. The number of hydrogen-bond acceptors (Lipinski definition) is 4. The molecule has 0 aliphatic carbocycles. The second-order valence-electron chi connectivity index (χ2n) is 7.31. The van der Waals surface area contributed by atoms with E-state index in [-0.39, 0.29) is 23.3 Å². The Morgan fingerprint density at radius 2 is 1.86 bits per heavy atom. The Kier molecular flexibility index (Phi) is 6.75. The van der Waals surface area contributed by atoms with Gasteiger partial charge in [0.05, 0.1) is 16.7 Å². The molecular weight excluding hydrogens is 382 g/mol. The van der Waals surface area contributed by atoms with Crippen LogP contribution in [0.25, 0.3) is 10.9 Å². The van der Waals surface area contributed by atoms with Crippen molar-refractivity contribution in [3.63, 3.8) is 0 Å². The van der Waals surface area contributed by atoms with Crippen LogP contribution in [-0.4, -0.2) is 33.2 Å².